The summed E-state index contributed by atoms with van der Waals surface area (Å²) in [7, 11) is 0. The van der Waals surface area contributed by atoms with E-state index in [0.29, 0.717) is 24.8 Å². The molecule has 0 unspecified atom stereocenters. The van der Waals surface area contributed by atoms with Crippen molar-refractivity contribution in [3.8, 4) is 0 Å². The smallest absolute Gasteiger partial charge is 0.224 e. The highest BCUT2D eigenvalue weighted by Crippen LogP contribution is 2.16. The molecule has 3 nitrogen and oxygen atoms in total. The van der Waals surface area contributed by atoms with Gasteiger partial charge < -0.3 is 5.32 Å². The maximum Gasteiger partial charge on any atom is 0.224 e. The quantitative estimate of drug-likeness (QED) is 0.776. The van der Waals surface area contributed by atoms with Gasteiger partial charge in [-0.2, -0.15) is 0 Å². The van der Waals surface area contributed by atoms with Crippen LogP contribution in [0.4, 0.5) is 5.69 Å². The standard InChI is InChI=1S/C19H21NO2/c1-2-15-9-6-7-12-17(15)20-19(22)14-8-13-18(21)16-10-4-3-5-11-16/h3-7,9-12H,2,8,13-14H2,1H3,(H,20,22). The molecule has 2 rings (SSSR count). The number of carbonyl (C=O) groups excluding carboxylic acids is 2. The van der Waals surface area contributed by atoms with Crippen LogP contribution >= 0.6 is 0 Å². The van der Waals surface area contributed by atoms with E-state index in [4.69, 9.17) is 0 Å². The Hall–Kier alpha value is -2.42. The SMILES string of the molecule is CCc1ccccc1NC(=O)CCCC(=O)c1ccccc1. The molecule has 0 saturated carbocycles. The molecule has 0 fully saturated rings. The van der Waals surface area contributed by atoms with Crippen molar-refractivity contribution in [3.63, 3.8) is 0 Å². The van der Waals surface area contributed by atoms with Crippen molar-refractivity contribution >= 4 is 17.4 Å². The van der Waals surface area contributed by atoms with Crippen LogP contribution in [0.15, 0.2) is 54.6 Å². The third kappa shape index (κ3) is 4.55. The van der Waals surface area contributed by atoms with E-state index in [-0.39, 0.29) is 11.7 Å². The minimum atomic E-state index is -0.0400. The van der Waals surface area contributed by atoms with E-state index in [2.05, 4.69) is 12.2 Å². The van der Waals surface area contributed by atoms with Gasteiger partial charge in [-0.1, -0.05) is 55.5 Å². The summed E-state index contributed by atoms with van der Waals surface area (Å²) in [5, 5.41) is 2.92. The number of amides is 1. The third-order valence-electron chi connectivity index (χ3n) is 3.58. The first-order valence-corrected chi connectivity index (χ1v) is 7.66. The van der Waals surface area contributed by atoms with Gasteiger partial charge in [0.1, 0.15) is 0 Å². The summed E-state index contributed by atoms with van der Waals surface area (Å²) in [5.41, 5.74) is 2.69. The van der Waals surface area contributed by atoms with Gasteiger partial charge in [-0.3, -0.25) is 9.59 Å². The van der Waals surface area contributed by atoms with Crippen LogP contribution in [0.25, 0.3) is 0 Å². The Labute approximate surface area is 131 Å². The summed E-state index contributed by atoms with van der Waals surface area (Å²) < 4.78 is 0. The van der Waals surface area contributed by atoms with Gasteiger partial charge in [0.05, 0.1) is 0 Å². The van der Waals surface area contributed by atoms with Gasteiger partial charge >= 0.3 is 0 Å². The number of hydrogen-bond donors (Lipinski definition) is 1. The Kier molecular flexibility index (Phi) is 5.90. The van der Waals surface area contributed by atoms with Crippen molar-refractivity contribution in [2.75, 3.05) is 5.32 Å². The van der Waals surface area contributed by atoms with Gasteiger partial charge in [0.2, 0.25) is 5.91 Å². The van der Waals surface area contributed by atoms with Gasteiger partial charge in [-0.15, -0.1) is 0 Å². The van der Waals surface area contributed by atoms with Crippen LogP contribution in [0.5, 0.6) is 0 Å². The maximum absolute atomic E-state index is 12.0. The van der Waals surface area contributed by atoms with Crippen LogP contribution < -0.4 is 5.32 Å². The van der Waals surface area contributed by atoms with E-state index < -0.39 is 0 Å². The van der Waals surface area contributed by atoms with Gasteiger partial charge in [-0.25, -0.2) is 0 Å². The number of nitrogens with one attached hydrogen (secondary N) is 1. The van der Waals surface area contributed by atoms with E-state index >= 15 is 0 Å². The van der Waals surface area contributed by atoms with Gasteiger partial charge in [-0.05, 0) is 24.5 Å². The van der Waals surface area contributed by atoms with Crippen molar-refractivity contribution in [3.05, 3.63) is 65.7 Å². The highest BCUT2D eigenvalue weighted by atomic mass is 16.1. The average Bonchev–Trinajstić information content (AvgIpc) is 2.56. The lowest BCUT2D eigenvalue weighted by molar-refractivity contribution is -0.116. The fourth-order valence-corrected chi connectivity index (χ4v) is 2.34. The van der Waals surface area contributed by atoms with E-state index in [1.54, 1.807) is 12.1 Å². The molecule has 0 aliphatic carbocycles. The first-order valence-electron chi connectivity index (χ1n) is 7.66. The van der Waals surface area contributed by atoms with Crippen molar-refractivity contribution in [1.29, 1.82) is 0 Å². The van der Waals surface area contributed by atoms with Crippen LogP contribution in [-0.2, 0) is 11.2 Å². The lowest BCUT2D eigenvalue weighted by Crippen LogP contribution is -2.13. The molecule has 1 N–H and O–H groups in total. The minimum Gasteiger partial charge on any atom is -0.326 e. The van der Waals surface area contributed by atoms with Crippen LogP contribution in [-0.4, -0.2) is 11.7 Å². The average molecular weight is 295 g/mol. The molecule has 0 radical (unpaired) electrons. The summed E-state index contributed by atoms with van der Waals surface area (Å²) in [6, 6.07) is 17.0. The monoisotopic (exact) mass is 295 g/mol. The zero-order valence-corrected chi connectivity index (χ0v) is 12.8. The molecule has 0 saturated heterocycles. The number of para-hydroxylation sites is 1. The Morgan fingerprint density at radius 2 is 1.59 bits per heavy atom. The Morgan fingerprint density at radius 1 is 0.909 bits per heavy atom. The van der Waals surface area contributed by atoms with Crippen LogP contribution in [0, 0.1) is 0 Å². The first-order chi connectivity index (χ1) is 10.7. The molecule has 1 amide bonds. The predicted octanol–water partition coefficient (Wildman–Crippen LogP) is 4.24. The minimum absolute atomic E-state index is 0.0400. The van der Waals surface area contributed by atoms with Crippen molar-refractivity contribution < 1.29 is 9.59 Å². The molecule has 2 aromatic rings. The van der Waals surface area contributed by atoms with Crippen LogP contribution in [0.3, 0.4) is 0 Å². The Bertz CT molecular complexity index is 635. The zero-order valence-electron chi connectivity index (χ0n) is 12.8. The number of anilines is 1. The predicted molar refractivity (Wildman–Crippen MR) is 89.1 cm³/mol. The molecule has 22 heavy (non-hydrogen) atoms. The number of benzene rings is 2. The fraction of sp³-hybridized carbons (Fsp3) is 0.263. The fourth-order valence-electron chi connectivity index (χ4n) is 2.34. The largest absolute Gasteiger partial charge is 0.326 e. The second kappa shape index (κ2) is 8.13. The van der Waals surface area contributed by atoms with E-state index in [1.165, 1.54) is 0 Å². The molecule has 0 aliphatic rings. The zero-order chi connectivity index (χ0) is 15.8. The first kappa shape index (κ1) is 16.0. The third-order valence-corrected chi connectivity index (χ3v) is 3.58. The topological polar surface area (TPSA) is 46.2 Å². The number of ketones is 1. The molecule has 0 spiro atoms. The lowest BCUT2D eigenvalue weighted by atomic mass is 10.1. The Morgan fingerprint density at radius 3 is 2.32 bits per heavy atom. The molecule has 3 heteroatoms. The second-order valence-corrected chi connectivity index (χ2v) is 5.20. The van der Waals surface area contributed by atoms with E-state index in [9.17, 15) is 9.59 Å². The van der Waals surface area contributed by atoms with Crippen molar-refractivity contribution in [2.45, 2.75) is 32.6 Å². The van der Waals surface area contributed by atoms with E-state index in [1.807, 2.05) is 42.5 Å². The Balaban J connectivity index is 1.80. The molecular formula is C19H21NO2. The van der Waals surface area contributed by atoms with E-state index in [0.717, 1.165) is 17.7 Å². The number of Topliss-reactive ketones (excluding diaryl/α,β-unsaturated/α-hetero) is 1. The molecule has 0 aliphatic heterocycles. The van der Waals surface area contributed by atoms with Crippen molar-refractivity contribution in [1.82, 2.24) is 0 Å². The molecule has 0 bridgehead atoms. The summed E-state index contributed by atoms with van der Waals surface area (Å²) in [4.78, 5) is 23.9. The van der Waals surface area contributed by atoms with Crippen molar-refractivity contribution in [2.24, 2.45) is 0 Å². The number of carbonyl (C=O) groups is 2. The molecular weight excluding hydrogens is 274 g/mol. The normalized spacial score (nSPS) is 10.2. The summed E-state index contributed by atoms with van der Waals surface area (Å²) in [6.07, 6.45) is 2.19. The summed E-state index contributed by atoms with van der Waals surface area (Å²) in [5.74, 6) is 0.0455. The second-order valence-electron chi connectivity index (χ2n) is 5.20. The highest BCUT2D eigenvalue weighted by Gasteiger charge is 2.08. The van der Waals surface area contributed by atoms with Crippen LogP contribution in [0.1, 0.15) is 42.1 Å². The summed E-state index contributed by atoms with van der Waals surface area (Å²) in [6.45, 7) is 2.06. The van der Waals surface area contributed by atoms with Gasteiger partial charge in [0.15, 0.2) is 5.78 Å². The van der Waals surface area contributed by atoms with Crippen LogP contribution in [0.2, 0.25) is 0 Å². The van der Waals surface area contributed by atoms with Gasteiger partial charge in [0.25, 0.3) is 0 Å². The lowest BCUT2D eigenvalue weighted by Gasteiger charge is -2.09. The highest BCUT2D eigenvalue weighted by molar-refractivity contribution is 5.96. The molecule has 0 aromatic heterocycles. The van der Waals surface area contributed by atoms with Gasteiger partial charge in [0, 0.05) is 24.1 Å². The molecule has 0 heterocycles. The molecule has 2 aromatic carbocycles. The maximum atomic E-state index is 12.0. The molecule has 0 atom stereocenters. The number of aryl methyl sites for hydroxylation is 1. The molecule has 114 valence electrons. The number of hydrogen-bond acceptors (Lipinski definition) is 2. The summed E-state index contributed by atoms with van der Waals surface area (Å²) >= 11 is 0. The number of rotatable bonds is 7.